The van der Waals surface area contributed by atoms with E-state index in [4.69, 9.17) is 14.5 Å². The maximum absolute atomic E-state index is 13.1. The molecule has 1 aliphatic carbocycles. The molecule has 0 unspecified atom stereocenters. The van der Waals surface area contributed by atoms with Crippen LogP contribution in [-0.4, -0.2) is 34.8 Å². The molecule has 1 atom stereocenters. The molecule has 2 aromatic rings. The van der Waals surface area contributed by atoms with Crippen LogP contribution in [0.5, 0.6) is 0 Å². The number of nitrogens with zero attached hydrogens (tertiary/aromatic N) is 2. The van der Waals surface area contributed by atoms with Gasteiger partial charge in [0.15, 0.2) is 5.16 Å². The summed E-state index contributed by atoms with van der Waals surface area (Å²) < 4.78 is 12.7. The molecule has 0 radical (unpaired) electrons. The number of aromatic nitrogens is 2. The van der Waals surface area contributed by atoms with Gasteiger partial charge in [0.1, 0.15) is 11.6 Å². The fourth-order valence-corrected chi connectivity index (χ4v) is 5.78. The molecule has 7 heteroatoms. The van der Waals surface area contributed by atoms with Crippen molar-refractivity contribution in [1.29, 1.82) is 0 Å². The van der Waals surface area contributed by atoms with Gasteiger partial charge in [-0.2, -0.15) is 0 Å². The van der Waals surface area contributed by atoms with Gasteiger partial charge < -0.3 is 9.47 Å². The Hall–Kier alpha value is -0.890. The highest BCUT2D eigenvalue weighted by molar-refractivity contribution is 7.99. The van der Waals surface area contributed by atoms with Crippen LogP contribution in [0.15, 0.2) is 9.95 Å². The van der Waals surface area contributed by atoms with Crippen LogP contribution in [0.1, 0.15) is 36.6 Å². The summed E-state index contributed by atoms with van der Waals surface area (Å²) in [6.07, 6.45) is 5.31. The summed E-state index contributed by atoms with van der Waals surface area (Å²) in [6.45, 7) is 3.95. The Morgan fingerprint density at radius 2 is 2.33 bits per heavy atom. The lowest BCUT2D eigenvalue weighted by molar-refractivity contribution is -0.130. The third kappa shape index (κ3) is 3.03. The molecule has 24 heavy (non-hydrogen) atoms. The summed E-state index contributed by atoms with van der Waals surface area (Å²) in [5.41, 5.74) is 1.42. The molecule has 0 bridgehead atoms. The number of hydrogen-bond donors (Lipinski definition) is 0. The number of aryl methyl sites for hydroxylation is 2. The van der Waals surface area contributed by atoms with Gasteiger partial charge in [0.25, 0.3) is 5.56 Å². The molecule has 5 nitrogen and oxygen atoms in total. The minimum absolute atomic E-state index is 0.150. The Kier molecular flexibility index (Phi) is 4.94. The number of rotatable bonds is 5. The van der Waals surface area contributed by atoms with Crippen LogP contribution in [0.3, 0.4) is 0 Å². The number of thioether (sulfide) groups is 1. The molecule has 0 N–H and O–H groups in total. The van der Waals surface area contributed by atoms with Gasteiger partial charge in [-0.3, -0.25) is 9.36 Å². The number of fused-ring (bicyclic) bond motifs is 3. The Morgan fingerprint density at radius 3 is 3.12 bits per heavy atom. The molecule has 0 amide bonds. The Balaban J connectivity index is 1.68. The van der Waals surface area contributed by atoms with E-state index in [0.717, 1.165) is 60.0 Å². The quantitative estimate of drug-likeness (QED) is 0.601. The highest BCUT2D eigenvalue weighted by Crippen LogP contribution is 2.35. The summed E-state index contributed by atoms with van der Waals surface area (Å²) in [5, 5.41) is 1.72. The predicted molar refractivity (Wildman–Crippen MR) is 97.2 cm³/mol. The number of thiophene rings is 1. The van der Waals surface area contributed by atoms with Crippen molar-refractivity contribution in [3.8, 4) is 0 Å². The molecule has 1 aliphatic heterocycles. The SMILES string of the molecule is CCCn1c(SC[C@H]2CCOCO2)nc2sc3c(c2c1=O)CCC3. The lowest BCUT2D eigenvalue weighted by atomic mass is 10.2. The monoisotopic (exact) mass is 366 g/mol. The standard InChI is InChI=1S/C17H22N2O3S2/c1-2-7-19-16(20)14-12-4-3-5-13(12)24-15(14)18-17(19)23-9-11-6-8-21-10-22-11/h11H,2-10H2,1H3/t11-/m1/s1. The van der Waals surface area contributed by atoms with E-state index in [1.54, 1.807) is 23.1 Å². The topological polar surface area (TPSA) is 53.4 Å². The normalized spacial score (nSPS) is 20.6. The molecule has 2 aliphatic rings. The predicted octanol–water partition coefficient (Wildman–Crippen LogP) is 3.21. The highest BCUT2D eigenvalue weighted by atomic mass is 32.2. The fraction of sp³-hybridized carbons (Fsp3) is 0.647. The van der Waals surface area contributed by atoms with Gasteiger partial charge in [-0.05, 0) is 37.7 Å². The largest absolute Gasteiger partial charge is 0.355 e. The van der Waals surface area contributed by atoms with E-state index in [0.29, 0.717) is 6.79 Å². The summed E-state index contributed by atoms with van der Waals surface area (Å²) in [4.78, 5) is 20.2. The summed E-state index contributed by atoms with van der Waals surface area (Å²) in [6, 6.07) is 0. The minimum atomic E-state index is 0.150. The number of hydrogen-bond acceptors (Lipinski definition) is 6. The van der Waals surface area contributed by atoms with Gasteiger partial charge in [0.05, 0.1) is 18.1 Å². The van der Waals surface area contributed by atoms with Crippen LogP contribution in [0.4, 0.5) is 0 Å². The summed E-state index contributed by atoms with van der Waals surface area (Å²) >= 11 is 3.36. The zero-order valence-corrected chi connectivity index (χ0v) is 15.5. The van der Waals surface area contributed by atoms with Crippen molar-refractivity contribution in [2.75, 3.05) is 19.2 Å². The van der Waals surface area contributed by atoms with Crippen molar-refractivity contribution in [2.45, 2.75) is 56.8 Å². The van der Waals surface area contributed by atoms with E-state index in [2.05, 4.69) is 6.92 Å². The molecule has 0 spiro atoms. The first-order valence-corrected chi connectivity index (χ1v) is 10.5. The van der Waals surface area contributed by atoms with E-state index in [1.165, 1.54) is 16.9 Å². The fourth-order valence-electron chi connectivity index (χ4n) is 3.39. The smallest absolute Gasteiger partial charge is 0.263 e. The van der Waals surface area contributed by atoms with E-state index >= 15 is 0 Å². The summed E-state index contributed by atoms with van der Waals surface area (Å²) in [7, 11) is 0. The van der Waals surface area contributed by atoms with Crippen LogP contribution in [0.25, 0.3) is 10.2 Å². The van der Waals surface area contributed by atoms with Gasteiger partial charge >= 0.3 is 0 Å². The van der Waals surface area contributed by atoms with Crippen molar-refractivity contribution >= 4 is 33.3 Å². The highest BCUT2D eigenvalue weighted by Gasteiger charge is 2.24. The third-order valence-electron chi connectivity index (χ3n) is 4.61. The molecule has 130 valence electrons. The first-order valence-electron chi connectivity index (χ1n) is 8.65. The molecule has 3 heterocycles. The van der Waals surface area contributed by atoms with Crippen LogP contribution in [-0.2, 0) is 28.9 Å². The molecular weight excluding hydrogens is 344 g/mol. The van der Waals surface area contributed by atoms with Gasteiger partial charge in [0.2, 0.25) is 0 Å². The van der Waals surface area contributed by atoms with Crippen LogP contribution < -0.4 is 5.56 Å². The molecule has 1 fully saturated rings. The van der Waals surface area contributed by atoms with Gasteiger partial charge in [-0.1, -0.05) is 18.7 Å². The van der Waals surface area contributed by atoms with Crippen LogP contribution >= 0.6 is 23.1 Å². The van der Waals surface area contributed by atoms with Crippen LogP contribution in [0.2, 0.25) is 0 Å². The first kappa shape index (κ1) is 16.6. The zero-order valence-electron chi connectivity index (χ0n) is 13.9. The Bertz CT molecular complexity index is 793. The van der Waals surface area contributed by atoms with E-state index in [-0.39, 0.29) is 11.7 Å². The second kappa shape index (κ2) is 7.15. The lowest BCUT2D eigenvalue weighted by Crippen LogP contribution is -2.27. The van der Waals surface area contributed by atoms with Crippen molar-refractivity contribution in [3.05, 3.63) is 20.8 Å². The van der Waals surface area contributed by atoms with E-state index in [9.17, 15) is 4.79 Å². The lowest BCUT2D eigenvalue weighted by Gasteiger charge is -2.22. The minimum Gasteiger partial charge on any atom is -0.355 e. The van der Waals surface area contributed by atoms with E-state index < -0.39 is 0 Å². The third-order valence-corrected chi connectivity index (χ3v) is 6.90. The van der Waals surface area contributed by atoms with E-state index in [1.807, 2.05) is 4.57 Å². The van der Waals surface area contributed by atoms with Crippen LogP contribution in [0, 0.1) is 0 Å². The second-order valence-corrected chi connectivity index (χ2v) is 8.37. The van der Waals surface area contributed by atoms with Crippen molar-refractivity contribution in [3.63, 3.8) is 0 Å². The average Bonchev–Trinajstić information content (AvgIpc) is 3.17. The summed E-state index contributed by atoms with van der Waals surface area (Å²) in [5.74, 6) is 0.816. The average molecular weight is 367 g/mol. The molecule has 1 saturated heterocycles. The maximum Gasteiger partial charge on any atom is 0.263 e. The molecule has 2 aromatic heterocycles. The Morgan fingerprint density at radius 1 is 1.42 bits per heavy atom. The van der Waals surface area contributed by atoms with Crippen molar-refractivity contribution < 1.29 is 9.47 Å². The molecule has 4 rings (SSSR count). The van der Waals surface area contributed by atoms with Gasteiger partial charge in [0, 0.05) is 17.2 Å². The zero-order chi connectivity index (χ0) is 16.5. The molecule has 0 saturated carbocycles. The molecule has 0 aromatic carbocycles. The molecular formula is C17H22N2O3S2. The Labute approximate surface area is 149 Å². The number of ether oxygens (including phenoxy) is 2. The maximum atomic E-state index is 13.1. The van der Waals surface area contributed by atoms with Crippen molar-refractivity contribution in [2.24, 2.45) is 0 Å². The van der Waals surface area contributed by atoms with Crippen molar-refractivity contribution in [1.82, 2.24) is 9.55 Å². The first-order chi connectivity index (χ1) is 11.8. The van der Waals surface area contributed by atoms with Gasteiger partial charge in [-0.15, -0.1) is 11.3 Å². The van der Waals surface area contributed by atoms with Gasteiger partial charge in [-0.25, -0.2) is 4.98 Å². The second-order valence-electron chi connectivity index (χ2n) is 6.30.